The van der Waals surface area contributed by atoms with E-state index in [1.54, 1.807) is 36.4 Å². The number of carbonyl (C=O) groups is 1. The van der Waals surface area contributed by atoms with Crippen LogP contribution in [-0.2, 0) is 4.74 Å². The molecule has 3 aromatic rings. The Bertz CT molecular complexity index is 990. The van der Waals surface area contributed by atoms with Crippen LogP contribution in [0, 0.1) is 0 Å². The van der Waals surface area contributed by atoms with E-state index in [4.69, 9.17) is 13.9 Å². The fourth-order valence-corrected chi connectivity index (χ4v) is 2.89. The zero-order valence-corrected chi connectivity index (χ0v) is 14.0. The minimum atomic E-state index is -0.576. The van der Waals surface area contributed by atoms with Crippen LogP contribution < -0.4 is 10.2 Å². The number of para-hydroxylation sites is 1. The quantitative estimate of drug-likeness (QED) is 0.709. The van der Waals surface area contributed by atoms with Crippen LogP contribution in [0.15, 0.2) is 63.8 Å². The van der Waals surface area contributed by atoms with Crippen molar-refractivity contribution < 1.29 is 18.7 Å². The third-order valence-electron chi connectivity index (χ3n) is 4.25. The van der Waals surface area contributed by atoms with Crippen LogP contribution in [0.1, 0.15) is 0 Å². The second kappa shape index (κ2) is 7.01. The van der Waals surface area contributed by atoms with Gasteiger partial charge in [-0.2, -0.15) is 0 Å². The van der Waals surface area contributed by atoms with Crippen molar-refractivity contribution in [3.05, 3.63) is 64.8 Å². The lowest BCUT2D eigenvalue weighted by atomic mass is 10.1. The summed E-state index contributed by atoms with van der Waals surface area (Å²) < 4.78 is 16.7. The molecule has 0 saturated carbocycles. The number of benzene rings is 2. The lowest BCUT2D eigenvalue weighted by Gasteiger charge is -2.26. The number of nitrogens with zero attached hydrogens (tertiary/aromatic N) is 1. The first-order valence-electron chi connectivity index (χ1n) is 8.40. The Labute approximate surface area is 149 Å². The van der Waals surface area contributed by atoms with Gasteiger partial charge in [0.25, 0.3) is 0 Å². The summed E-state index contributed by atoms with van der Waals surface area (Å²) in [6.45, 7) is 1.76. The van der Waals surface area contributed by atoms with Crippen LogP contribution in [-0.4, -0.2) is 37.3 Å². The molecule has 0 bridgehead atoms. The first kappa shape index (κ1) is 16.4. The normalized spacial score (nSPS) is 14.4. The Morgan fingerprint density at radius 1 is 0.962 bits per heavy atom. The third kappa shape index (κ3) is 3.07. The van der Waals surface area contributed by atoms with Gasteiger partial charge >= 0.3 is 6.09 Å². The summed E-state index contributed by atoms with van der Waals surface area (Å²) in [5.74, 6) is 0.155. The number of rotatable bonds is 2. The molecule has 1 amide bonds. The van der Waals surface area contributed by atoms with Crippen molar-refractivity contribution in [3.8, 4) is 17.1 Å². The lowest BCUT2D eigenvalue weighted by Crippen LogP contribution is -2.42. The number of hydrogen-bond acceptors (Lipinski definition) is 5. The molecule has 26 heavy (non-hydrogen) atoms. The van der Waals surface area contributed by atoms with Gasteiger partial charge in [0.1, 0.15) is 5.58 Å². The summed E-state index contributed by atoms with van der Waals surface area (Å²) in [6, 6.07) is 16.0. The van der Waals surface area contributed by atoms with Crippen LogP contribution in [0.3, 0.4) is 0 Å². The Hall–Kier alpha value is -3.12. The molecule has 1 saturated heterocycles. The van der Waals surface area contributed by atoms with Crippen molar-refractivity contribution in [2.45, 2.75) is 0 Å². The number of amides is 1. The summed E-state index contributed by atoms with van der Waals surface area (Å²) in [6.07, 6.45) is -0.576. The van der Waals surface area contributed by atoms with E-state index in [9.17, 15) is 9.59 Å². The standard InChI is InChI=1S/C20H17NO5/c22-17-15-8-4-5-9-16(15)25-18(14-6-2-1-3-7-14)19(17)26-20(23)21-10-12-24-13-11-21/h1-9H,10-13H2. The number of fused-ring (bicyclic) bond motifs is 1. The van der Waals surface area contributed by atoms with Crippen LogP contribution >= 0.6 is 0 Å². The molecular weight excluding hydrogens is 334 g/mol. The van der Waals surface area contributed by atoms with Gasteiger partial charge in [0.15, 0.2) is 5.76 Å². The molecule has 0 spiro atoms. The fourth-order valence-electron chi connectivity index (χ4n) is 2.89. The summed E-state index contributed by atoms with van der Waals surface area (Å²) >= 11 is 0. The zero-order chi connectivity index (χ0) is 17.9. The van der Waals surface area contributed by atoms with Crippen LogP contribution in [0.25, 0.3) is 22.3 Å². The van der Waals surface area contributed by atoms with E-state index in [2.05, 4.69) is 0 Å². The average molecular weight is 351 g/mol. The van der Waals surface area contributed by atoms with Crippen molar-refractivity contribution >= 4 is 17.1 Å². The zero-order valence-electron chi connectivity index (χ0n) is 14.0. The first-order chi connectivity index (χ1) is 12.7. The average Bonchev–Trinajstić information content (AvgIpc) is 2.71. The minimum absolute atomic E-state index is 0.0913. The van der Waals surface area contributed by atoms with Crippen molar-refractivity contribution in [3.63, 3.8) is 0 Å². The van der Waals surface area contributed by atoms with Crippen LogP contribution in [0.2, 0.25) is 0 Å². The Morgan fingerprint density at radius 2 is 1.65 bits per heavy atom. The molecule has 6 nitrogen and oxygen atoms in total. The van der Waals surface area contributed by atoms with Gasteiger partial charge in [-0.25, -0.2) is 4.79 Å². The maximum atomic E-state index is 13.0. The third-order valence-corrected chi connectivity index (χ3v) is 4.25. The maximum absolute atomic E-state index is 13.0. The fraction of sp³-hybridized carbons (Fsp3) is 0.200. The van der Waals surface area contributed by atoms with Crippen LogP contribution in [0.5, 0.6) is 5.75 Å². The maximum Gasteiger partial charge on any atom is 0.415 e. The molecule has 1 aliphatic rings. The number of morpholine rings is 1. The summed E-state index contributed by atoms with van der Waals surface area (Å²) in [5, 5.41) is 0.372. The largest absolute Gasteiger partial charge is 0.452 e. The minimum Gasteiger partial charge on any atom is -0.452 e. The van der Waals surface area contributed by atoms with Crippen molar-refractivity contribution in [2.75, 3.05) is 26.3 Å². The Morgan fingerprint density at radius 3 is 2.42 bits per heavy atom. The molecule has 2 aromatic carbocycles. The molecule has 0 aliphatic carbocycles. The molecule has 2 heterocycles. The van der Waals surface area contributed by atoms with E-state index in [0.717, 1.165) is 0 Å². The van der Waals surface area contributed by atoms with Gasteiger partial charge in [-0.05, 0) is 12.1 Å². The van der Waals surface area contributed by atoms with Crippen molar-refractivity contribution in [2.24, 2.45) is 0 Å². The Kier molecular flexibility index (Phi) is 4.41. The van der Waals surface area contributed by atoms with E-state index in [1.807, 2.05) is 18.2 Å². The predicted molar refractivity (Wildman–Crippen MR) is 96.3 cm³/mol. The topological polar surface area (TPSA) is 69.0 Å². The van der Waals surface area contributed by atoms with E-state index in [0.29, 0.717) is 42.8 Å². The van der Waals surface area contributed by atoms with Crippen molar-refractivity contribution in [1.82, 2.24) is 4.90 Å². The highest BCUT2D eigenvalue weighted by Crippen LogP contribution is 2.31. The van der Waals surface area contributed by atoms with E-state index >= 15 is 0 Å². The van der Waals surface area contributed by atoms with Gasteiger partial charge in [-0.3, -0.25) is 4.79 Å². The first-order valence-corrected chi connectivity index (χ1v) is 8.40. The molecular formula is C20H17NO5. The molecule has 1 fully saturated rings. The van der Waals surface area contributed by atoms with Gasteiger partial charge in [0.2, 0.25) is 11.2 Å². The molecule has 0 atom stereocenters. The highest BCUT2D eigenvalue weighted by molar-refractivity contribution is 5.84. The second-order valence-corrected chi connectivity index (χ2v) is 5.92. The van der Waals surface area contributed by atoms with Crippen LogP contribution in [0.4, 0.5) is 4.79 Å². The van der Waals surface area contributed by atoms with E-state index < -0.39 is 6.09 Å². The van der Waals surface area contributed by atoms with Gasteiger partial charge in [0.05, 0.1) is 18.6 Å². The predicted octanol–water partition coefficient (Wildman–Crippen LogP) is 3.29. The van der Waals surface area contributed by atoms with Gasteiger partial charge in [0, 0.05) is 18.7 Å². The summed E-state index contributed by atoms with van der Waals surface area (Å²) in [7, 11) is 0. The van der Waals surface area contributed by atoms with Gasteiger partial charge in [-0.15, -0.1) is 0 Å². The number of carbonyl (C=O) groups excluding carboxylic acids is 1. The molecule has 1 aromatic heterocycles. The highest BCUT2D eigenvalue weighted by Gasteiger charge is 2.24. The number of ether oxygens (including phenoxy) is 2. The van der Waals surface area contributed by atoms with Gasteiger partial charge in [-0.1, -0.05) is 42.5 Å². The molecule has 4 rings (SSSR count). The molecule has 0 unspecified atom stereocenters. The lowest BCUT2D eigenvalue weighted by molar-refractivity contribution is 0.0414. The molecule has 1 aliphatic heterocycles. The molecule has 132 valence electrons. The van der Waals surface area contributed by atoms with Crippen molar-refractivity contribution in [1.29, 1.82) is 0 Å². The number of hydrogen-bond donors (Lipinski definition) is 0. The Balaban J connectivity index is 1.82. The highest BCUT2D eigenvalue weighted by atomic mass is 16.6. The van der Waals surface area contributed by atoms with E-state index in [1.165, 1.54) is 4.90 Å². The SMILES string of the molecule is O=C(Oc1c(-c2ccccc2)oc2ccccc2c1=O)N1CCOCC1. The molecule has 0 N–H and O–H groups in total. The molecule has 0 radical (unpaired) electrons. The van der Waals surface area contributed by atoms with E-state index in [-0.39, 0.29) is 16.9 Å². The smallest absolute Gasteiger partial charge is 0.415 e. The monoisotopic (exact) mass is 351 g/mol. The summed E-state index contributed by atoms with van der Waals surface area (Å²) in [4.78, 5) is 27.0. The van der Waals surface area contributed by atoms with Gasteiger partial charge < -0.3 is 18.8 Å². The second-order valence-electron chi connectivity index (χ2n) is 5.92. The summed E-state index contributed by atoms with van der Waals surface area (Å²) in [5.41, 5.74) is 0.745. The molecule has 6 heteroatoms.